The Morgan fingerprint density at radius 3 is 2.56 bits per heavy atom. The Bertz CT molecular complexity index is 425. The lowest BCUT2D eigenvalue weighted by atomic mass is 10.1. The molecule has 0 spiro atoms. The summed E-state index contributed by atoms with van der Waals surface area (Å²) in [4.78, 5) is 4.02. The van der Waals surface area contributed by atoms with Crippen molar-refractivity contribution in [3.8, 4) is 11.5 Å². The van der Waals surface area contributed by atoms with Crippen LogP contribution in [-0.4, -0.2) is 20.9 Å². The molecular formula is C15H21NO2. The summed E-state index contributed by atoms with van der Waals surface area (Å²) in [5.41, 5.74) is 2.26. The average Bonchev–Trinajstić information content (AvgIpc) is 2.42. The zero-order chi connectivity index (χ0) is 13.4. The van der Waals surface area contributed by atoms with Gasteiger partial charge in [0.1, 0.15) is 0 Å². The first-order chi connectivity index (χ1) is 8.74. The number of benzene rings is 1. The summed E-state index contributed by atoms with van der Waals surface area (Å²) in [7, 11) is 3.29. The lowest BCUT2D eigenvalue weighted by molar-refractivity contribution is 0.354. The van der Waals surface area contributed by atoms with Crippen LogP contribution in [0.1, 0.15) is 25.3 Å². The van der Waals surface area contributed by atoms with Crippen molar-refractivity contribution in [1.29, 1.82) is 0 Å². The Labute approximate surface area is 109 Å². The van der Waals surface area contributed by atoms with Crippen LogP contribution in [0, 0.1) is 0 Å². The second-order valence-corrected chi connectivity index (χ2v) is 3.95. The van der Waals surface area contributed by atoms with Crippen LogP contribution in [0.15, 0.2) is 35.0 Å². The smallest absolute Gasteiger partial charge is 0.160 e. The molecule has 0 fully saturated rings. The molecule has 18 heavy (non-hydrogen) atoms. The highest BCUT2D eigenvalue weighted by Gasteiger charge is 2.04. The summed E-state index contributed by atoms with van der Waals surface area (Å²) in [6.07, 6.45) is 4.91. The molecule has 0 aliphatic carbocycles. The van der Waals surface area contributed by atoms with Crippen molar-refractivity contribution >= 4 is 6.72 Å². The van der Waals surface area contributed by atoms with Gasteiger partial charge in [-0.15, -0.1) is 0 Å². The average molecular weight is 247 g/mol. The maximum absolute atomic E-state index is 5.28. The molecular weight excluding hydrogens is 226 g/mol. The Balaban J connectivity index is 2.73. The van der Waals surface area contributed by atoms with E-state index in [9.17, 15) is 0 Å². The zero-order valence-electron chi connectivity index (χ0n) is 11.4. The molecule has 0 aromatic heterocycles. The van der Waals surface area contributed by atoms with Gasteiger partial charge in [0.25, 0.3) is 0 Å². The Hall–Kier alpha value is -1.77. The van der Waals surface area contributed by atoms with Gasteiger partial charge in [-0.05, 0) is 43.7 Å². The third kappa shape index (κ3) is 3.91. The van der Waals surface area contributed by atoms with Gasteiger partial charge in [0.2, 0.25) is 0 Å². The van der Waals surface area contributed by atoms with Crippen molar-refractivity contribution < 1.29 is 9.47 Å². The maximum Gasteiger partial charge on any atom is 0.160 e. The van der Waals surface area contributed by atoms with Gasteiger partial charge in [-0.25, -0.2) is 0 Å². The molecule has 0 bridgehead atoms. The molecule has 0 heterocycles. The zero-order valence-corrected chi connectivity index (χ0v) is 11.4. The second kappa shape index (κ2) is 7.54. The van der Waals surface area contributed by atoms with E-state index in [0.717, 1.165) is 36.5 Å². The maximum atomic E-state index is 5.28. The molecule has 0 aliphatic rings. The van der Waals surface area contributed by atoms with Crippen LogP contribution in [0.25, 0.3) is 0 Å². The van der Waals surface area contributed by atoms with E-state index < -0.39 is 0 Å². The molecule has 0 atom stereocenters. The van der Waals surface area contributed by atoms with E-state index in [1.165, 1.54) is 5.56 Å². The SMILES string of the molecule is C=NC(=CCC)CCc1ccc(OC)c(OC)c1. The topological polar surface area (TPSA) is 30.8 Å². The number of ether oxygens (including phenoxy) is 2. The van der Waals surface area contributed by atoms with Crippen molar-refractivity contribution in [2.45, 2.75) is 26.2 Å². The van der Waals surface area contributed by atoms with Gasteiger partial charge in [-0.1, -0.05) is 19.1 Å². The predicted molar refractivity (Wildman–Crippen MR) is 75.8 cm³/mol. The van der Waals surface area contributed by atoms with E-state index in [1.807, 2.05) is 18.2 Å². The van der Waals surface area contributed by atoms with Crippen LogP contribution in [0.3, 0.4) is 0 Å². The van der Waals surface area contributed by atoms with Gasteiger partial charge in [0.15, 0.2) is 11.5 Å². The molecule has 1 rings (SSSR count). The molecule has 3 heteroatoms. The fourth-order valence-corrected chi connectivity index (χ4v) is 1.79. The Morgan fingerprint density at radius 1 is 1.28 bits per heavy atom. The second-order valence-electron chi connectivity index (χ2n) is 3.95. The summed E-state index contributed by atoms with van der Waals surface area (Å²) in [6, 6.07) is 5.98. The number of allylic oxidation sites excluding steroid dienone is 2. The first kappa shape index (κ1) is 14.3. The first-order valence-corrected chi connectivity index (χ1v) is 6.11. The van der Waals surface area contributed by atoms with Crippen LogP contribution in [-0.2, 0) is 6.42 Å². The number of aryl methyl sites for hydroxylation is 1. The molecule has 1 aromatic carbocycles. The van der Waals surface area contributed by atoms with Gasteiger partial charge in [0.05, 0.1) is 14.2 Å². The standard InChI is InChI=1S/C15H21NO2/c1-5-6-13(16-2)9-7-12-8-10-14(17-3)15(11-12)18-4/h6,8,10-11H,2,5,7,9H2,1,3-4H3. The number of rotatable bonds is 7. The third-order valence-electron chi connectivity index (χ3n) is 2.76. The van der Waals surface area contributed by atoms with Crippen LogP contribution < -0.4 is 9.47 Å². The van der Waals surface area contributed by atoms with Crippen molar-refractivity contribution in [2.75, 3.05) is 14.2 Å². The van der Waals surface area contributed by atoms with Crippen LogP contribution in [0.4, 0.5) is 0 Å². The highest BCUT2D eigenvalue weighted by molar-refractivity contribution is 5.43. The van der Waals surface area contributed by atoms with Crippen molar-refractivity contribution in [2.24, 2.45) is 4.99 Å². The summed E-state index contributed by atoms with van der Waals surface area (Å²) in [5, 5.41) is 0. The Morgan fingerprint density at radius 2 is 2.00 bits per heavy atom. The predicted octanol–water partition coefficient (Wildman–Crippen LogP) is 3.63. The van der Waals surface area contributed by atoms with Gasteiger partial charge in [-0.3, -0.25) is 4.99 Å². The lowest BCUT2D eigenvalue weighted by Gasteiger charge is -2.09. The monoisotopic (exact) mass is 247 g/mol. The summed E-state index contributed by atoms with van der Waals surface area (Å²) in [5.74, 6) is 1.52. The van der Waals surface area contributed by atoms with E-state index in [2.05, 4.69) is 24.7 Å². The van der Waals surface area contributed by atoms with E-state index in [1.54, 1.807) is 14.2 Å². The molecule has 0 amide bonds. The quantitative estimate of drug-likeness (QED) is 0.689. The van der Waals surface area contributed by atoms with Gasteiger partial charge >= 0.3 is 0 Å². The summed E-state index contributed by atoms with van der Waals surface area (Å²) < 4.78 is 10.5. The molecule has 0 saturated carbocycles. The van der Waals surface area contributed by atoms with E-state index in [4.69, 9.17) is 9.47 Å². The number of nitrogens with zero attached hydrogens (tertiary/aromatic N) is 1. The van der Waals surface area contributed by atoms with Crippen molar-refractivity contribution in [3.63, 3.8) is 0 Å². The highest BCUT2D eigenvalue weighted by Crippen LogP contribution is 2.28. The minimum Gasteiger partial charge on any atom is -0.493 e. The van der Waals surface area contributed by atoms with Crippen LogP contribution in [0.5, 0.6) is 11.5 Å². The van der Waals surface area contributed by atoms with Crippen LogP contribution in [0.2, 0.25) is 0 Å². The molecule has 0 N–H and O–H groups in total. The fourth-order valence-electron chi connectivity index (χ4n) is 1.79. The van der Waals surface area contributed by atoms with E-state index in [-0.39, 0.29) is 0 Å². The van der Waals surface area contributed by atoms with E-state index in [0.29, 0.717) is 0 Å². The summed E-state index contributed by atoms with van der Waals surface area (Å²) >= 11 is 0. The largest absolute Gasteiger partial charge is 0.493 e. The van der Waals surface area contributed by atoms with Crippen LogP contribution >= 0.6 is 0 Å². The normalized spacial score (nSPS) is 11.2. The molecule has 3 nitrogen and oxygen atoms in total. The van der Waals surface area contributed by atoms with E-state index >= 15 is 0 Å². The molecule has 98 valence electrons. The minimum absolute atomic E-state index is 0.757. The molecule has 0 radical (unpaired) electrons. The lowest BCUT2D eigenvalue weighted by Crippen LogP contribution is -1.93. The number of hydrogen-bond donors (Lipinski definition) is 0. The highest BCUT2D eigenvalue weighted by atomic mass is 16.5. The Kier molecular flexibility index (Phi) is 5.98. The summed E-state index contributed by atoms with van der Waals surface area (Å²) in [6.45, 7) is 5.69. The van der Waals surface area contributed by atoms with Gasteiger partial charge in [-0.2, -0.15) is 0 Å². The fraction of sp³-hybridized carbons (Fsp3) is 0.400. The number of methoxy groups -OCH3 is 2. The first-order valence-electron chi connectivity index (χ1n) is 6.11. The van der Waals surface area contributed by atoms with Gasteiger partial charge in [0, 0.05) is 5.70 Å². The molecule has 0 saturated heterocycles. The minimum atomic E-state index is 0.757. The number of hydrogen-bond acceptors (Lipinski definition) is 3. The third-order valence-corrected chi connectivity index (χ3v) is 2.76. The number of aliphatic imine (C=N–C) groups is 1. The molecule has 1 aromatic rings. The van der Waals surface area contributed by atoms with Gasteiger partial charge < -0.3 is 9.47 Å². The molecule has 0 unspecified atom stereocenters. The van der Waals surface area contributed by atoms with Crippen molar-refractivity contribution in [3.05, 3.63) is 35.5 Å². The van der Waals surface area contributed by atoms with Crippen molar-refractivity contribution in [1.82, 2.24) is 0 Å². The molecule has 0 aliphatic heterocycles.